The molecule has 0 saturated carbocycles. The van der Waals surface area contributed by atoms with Gasteiger partial charge in [0.05, 0.1) is 0 Å². The van der Waals surface area contributed by atoms with Gasteiger partial charge in [0.15, 0.2) is 0 Å². The van der Waals surface area contributed by atoms with Gasteiger partial charge in [-0.15, -0.1) is 0 Å². The van der Waals surface area contributed by atoms with Crippen molar-refractivity contribution in [1.82, 2.24) is 0 Å². The summed E-state index contributed by atoms with van der Waals surface area (Å²) in [7, 11) is 0. The van der Waals surface area contributed by atoms with Gasteiger partial charge in [-0.3, -0.25) is 0 Å². The van der Waals surface area contributed by atoms with Crippen LogP contribution in [0.15, 0.2) is 0 Å². The second-order valence-corrected chi connectivity index (χ2v) is 4.44. The zero-order valence-corrected chi connectivity index (χ0v) is 15.9. The topological polar surface area (TPSA) is 190 Å². The van der Waals surface area contributed by atoms with Crippen LogP contribution in [0.3, 0.4) is 0 Å². The Bertz CT molecular complexity index is 112. The van der Waals surface area contributed by atoms with Gasteiger partial charge >= 0.3 is 95.4 Å². The zero-order chi connectivity index (χ0) is 10.7. The Hall–Kier alpha value is 2.50. The van der Waals surface area contributed by atoms with E-state index in [9.17, 15) is 0 Å². The van der Waals surface area contributed by atoms with Crippen molar-refractivity contribution in [2.24, 2.45) is 0 Å². The molecule has 0 spiro atoms. The first-order valence-corrected chi connectivity index (χ1v) is 10.9. The fourth-order valence-corrected chi connectivity index (χ4v) is 0. The molecule has 0 rings (SSSR count). The minimum atomic E-state index is -4.29. The monoisotopic (exact) mass is 598 g/mol. The smallest absolute Gasteiger partial charge is 0 e. The van der Waals surface area contributed by atoms with E-state index in [0.717, 1.165) is 0 Å². The summed E-state index contributed by atoms with van der Waals surface area (Å²) in [5, 5.41) is 0. The second-order valence-electron chi connectivity index (χ2n) is 0.750. The Morgan fingerprint density at radius 3 is 0.538 bits per heavy atom. The van der Waals surface area contributed by atoms with E-state index in [1.165, 1.54) is 0 Å². The molecule has 0 aliphatic rings. The van der Waals surface area contributed by atoms with E-state index in [1.807, 2.05) is 0 Å². The van der Waals surface area contributed by atoms with Gasteiger partial charge < -0.3 is 0 Å². The molecule has 0 aliphatic heterocycles. The van der Waals surface area contributed by atoms with Crippen LogP contribution >= 0.6 is 0 Å². The van der Waals surface area contributed by atoms with Gasteiger partial charge in [0.2, 0.25) is 0 Å². The maximum Gasteiger partial charge on any atom is 0 e. The van der Waals surface area contributed by atoms with Crippen molar-refractivity contribution >= 4 is 0 Å². The molecule has 9 nitrogen and oxygen atoms in total. The minimum Gasteiger partial charge on any atom is 0 e. The van der Waals surface area contributed by atoms with Crippen molar-refractivity contribution in [3.63, 3.8) is 0 Å². The molecule has 0 unspecified atom stereocenters. The summed E-state index contributed by atoms with van der Waals surface area (Å²) < 4.78 is 77.5. The summed E-state index contributed by atoms with van der Waals surface area (Å²) >= 11 is -12.9. The Morgan fingerprint density at radius 2 is 0.538 bits per heavy atom. The van der Waals surface area contributed by atoms with Crippen LogP contribution in [0, 0.1) is 0 Å². The molecule has 78 valence electrons. The standard InChI is InChI=1S/9O.W.3Zr/q;;;6*-1;;;;. The molecule has 0 aromatic heterocycles. The summed E-state index contributed by atoms with van der Waals surface area (Å²) in [6.07, 6.45) is 0. The van der Waals surface area contributed by atoms with Gasteiger partial charge in [-0.1, -0.05) is 0 Å². The summed E-state index contributed by atoms with van der Waals surface area (Å²) in [6.45, 7) is 0. The molecule has 0 amide bonds. The molecule has 0 saturated heterocycles. The van der Waals surface area contributed by atoms with Gasteiger partial charge in [0, 0.05) is 21.1 Å². The molecule has 0 N–H and O–H groups in total. The molecule has 13 heteroatoms. The van der Waals surface area contributed by atoms with Crippen LogP contribution in [0.4, 0.5) is 0 Å². The molecule has 0 aliphatic carbocycles. The quantitative estimate of drug-likeness (QED) is 0.260. The number of hydrogen-bond donors (Lipinski definition) is 0. The maximum atomic E-state index is 8.61. The largest absolute Gasteiger partial charge is 0 e. The van der Waals surface area contributed by atoms with Gasteiger partial charge in [-0.2, -0.15) is 0 Å². The zero-order valence-electron chi connectivity index (χ0n) is 5.58. The van der Waals surface area contributed by atoms with Crippen LogP contribution in [0.5, 0.6) is 0 Å². The fraction of sp³-hybridized carbons (Fsp3) is 0. The molecule has 0 bridgehead atoms. The van der Waals surface area contributed by atoms with Crippen LogP contribution in [-0.4, -0.2) is 0 Å². The third-order valence-corrected chi connectivity index (χ3v) is 0. The van der Waals surface area contributed by atoms with Crippen molar-refractivity contribution in [3.8, 4) is 0 Å². The third kappa shape index (κ3) is 363. The first-order chi connectivity index (χ1) is 5.20. The van der Waals surface area contributed by atoms with Crippen molar-refractivity contribution in [3.05, 3.63) is 0 Å². The average Bonchev–Trinajstić information content (AvgIpc) is 1.54. The second kappa shape index (κ2) is 20.0. The average molecular weight is 602 g/mol. The van der Waals surface area contributed by atoms with Crippen LogP contribution in [0.1, 0.15) is 0 Å². The van der Waals surface area contributed by atoms with Crippen LogP contribution in [0.25, 0.3) is 0 Å². The molecule has 0 fully saturated rings. The Labute approximate surface area is 114 Å². The molecule has 0 atom stereocenters. The van der Waals surface area contributed by atoms with Crippen LogP contribution in [0.2, 0.25) is 0 Å². The number of rotatable bonds is 0. The van der Waals surface area contributed by atoms with Crippen LogP contribution < -0.4 is 19.1 Å². The molecule has 0 aromatic rings. The molecular weight excluding hydrogens is 602 g/mol. The third-order valence-electron chi connectivity index (χ3n) is 0. The summed E-state index contributed by atoms with van der Waals surface area (Å²) in [4.78, 5) is 0. The fourth-order valence-electron chi connectivity index (χ4n) is 0. The minimum absolute atomic E-state index is 0. The van der Waals surface area contributed by atoms with Gasteiger partial charge in [0.25, 0.3) is 0 Å². The van der Waals surface area contributed by atoms with E-state index < -0.39 is 67.9 Å². The van der Waals surface area contributed by atoms with E-state index in [-0.39, 0.29) is 21.1 Å². The van der Waals surface area contributed by atoms with Gasteiger partial charge in [-0.05, 0) is 0 Å². The van der Waals surface area contributed by atoms with E-state index in [1.54, 1.807) is 0 Å². The first kappa shape index (κ1) is 24.6. The van der Waals surface area contributed by atoms with Crippen molar-refractivity contribution in [2.75, 3.05) is 0 Å². The molecule has 0 aromatic carbocycles. The van der Waals surface area contributed by atoms with E-state index in [4.69, 9.17) is 27.5 Å². The first-order valence-electron chi connectivity index (χ1n) is 1.84. The number of hydrogen-bond acceptors (Lipinski definition) is 9. The van der Waals surface area contributed by atoms with E-state index >= 15 is 0 Å². The summed E-state index contributed by atoms with van der Waals surface area (Å²) in [6, 6.07) is 0. The predicted octanol–water partition coefficient (Wildman–Crippen LogP) is -7.50. The maximum absolute atomic E-state index is 8.61. The Kier molecular flexibility index (Phi) is 37.9. The SMILES string of the molecule is [O]=[Zr]([O-])[O-].[O]=[Zr]([O-])[O-].[O]=[Zr]([O-])[O-].[W]. The van der Waals surface area contributed by atoms with Gasteiger partial charge in [0.1, 0.15) is 0 Å². The summed E-state index contributed by atoms with van der Waals surface area (Å²) in [5.74, 6) is 0. The molecule has 0 heterocycles. The van der Waals surface area contributed by atoms with Crippen molar-refractivity contribution < 1.29 is 117 Å². The summed E-state index contributed by atoms with van der Waals surface area (Å²) in [5.41, 5.74) is 0. The van der Waals surface area contributed by atoms with Crippen molar-refractivity contribution in [1.29, 1.82) is 0 Å². The normalized spacial score (nSPS) is 6.00. The van der Waals surface area contributed by atoms with Gasteiger partial charge in [-0.25, -0.2) is 0 Å². The van der Waals surface area contributed by atoms with E-state index in [0.29, 0.717) is 0 Å². The van der Waals surface area contributed by atoms with E-state index in [2.05, 4.69) is 0 Å². The Morgan fingerprint density at radius 1 is 0.538 bits per heavy atom. The molecular formula is O9WZr3-6. The molecule has 0 radical (unpaired) electrons. The molecule has 13 heavy (non-hydrogen) atoms. The van der Waals surface area contributed by atoms with Crippen molar-refractivity contribution in [2.45, 2.75) is 0 Å². The Balaban J connectivity index is -0.0000000450. The predicted molar refractivity (Wildman–Crippen MR) is 2.06 cm³/mol. The van der Waals surface area contributed by atoms with Crippen LogP contribution in [-0.2, 0) is 97.4 Å².